The van der Waals surface area contributed by atoms with Crippen LogP contribution >= 0.6 is 20.5 Å². The summed E-state index contributed by atoms with van der Waals surface area (Å²) in [4.78, 5) is 7.97. The van der Waals surface area contributed by atoms with E-state index in [0.717, 1.165) is 0 Å². The van der Waals surface area contributed by atoms with Gasteiger partial charge in [0.05, 0.1) is 0 Å². The van der Waals surface area contributed by atoms with Crippen LogP contribution in [0.4, 0.5) is 0 Å². The van der Waals surface area contributed by atoms with Crippen molar-refractivity contribution in [2.45, 2.75) is 0 Å². The molecule has 0 aromatic heterocycles. The van der Waals surface area contributed by atoms with Crippen molar-refractivity contribution in [2.24, 2.45) is 5.50 Å². The zero-order valence-corrected chi connectivity index (χ0v) is 4.62. The van der Waals surface area contributed by atoms with Crippen molar-refractivity contribution < 1.29 is 9.46 Å². The van der Waals surface area contributed by atoms with Crippen LogP contribution in [0, 0.1) is 0 Å². The van der Waals surface area contributed by atoms with Crippen LogP contribution in [0.25, 0.3) is 0 Å². The minimum atomic E-state index is -3.53. The van der Waals surface area contributed by atoms with Gasteiger partial charge < -0.3 is 4.89 Å². The SMILES string of the molecule is NP(=O)(O)NS. The molecule has 0 amide bonds. The van der Waals surface area contributed by atoms with Crippen molar-refractivity contribution in [3.05, 3.63) is 0 Å². The van der Waals surface area contributed by atoms with E-state index in [-0.39, 0.29) is 0 Å². The molecule has 0 aliphatic heterocycles. The first-order chi connectivity index (χ1) is 2.56. The predicted octanol–water partition coefficient (Wildman–Crippen LogP) is -0.520. The normalized spacial score (nSPS) is 19.8. The van der Waals surface area contributed by atoms with Crippen LogP contribution in [0.1, 0.15) is 0 Å². The lowest BCUT2D eigenvalue weighted by Crippen LogP contribution is -2.03. The second-order valence-electron chi connectivity index (χ2n) is 0.723. The second-order valence-corrected chi connectivity index (χ2v) is 2.77. The molecule has 0 rings (SSSR count). The van der Waals surface area contributed by atoms with E-state index in [1.807, 2.05) is 0 Å². The molecule has 0 aromatic rings. The van der Waals surface area contributed by atoms with Gasteiger partial charge in [0, 0.05) is 0 Å². The second kappa shape index (κ2) is 1.95. The molecule has 0 heterocycles. The van der Waals surface area contributed by atoms with Crippen molar-refractivity contribution in [1.82, 2.24) is 4.49 Å². The summed E-state index contributed by atoms with van der Waals surface area (Å²) in [5, 5.41) is 0. The summed E-state index contributed by atoms with van der Waals surface area (Å²) in [6.07, 6.45) is 0. The Morgan fingerprint density at radius 1 is 2.00 bits per heavy atom. The Hall–Kier alpha value is 0.460. The Labute approximate surface area is 40.8 Å². The topological polar surface area (TPSA) is 75.4 Å². The largest absolute Gasteiger partial charge is 0.344 e. The first-order valence-corrected chi connectivity index (χ1v) is 3.26. The molecule has 0 aromatic carbocycles. The lowest BCUT2D eigenvalue weighted by Gasteiger charge is -1.95. The van der Waals surface area contributed by atoms with Crippen LogP contribution in [0.5, 0.6) is 0 Å². The first-order valence-electron chi connectivity index (χ1n) is 1.09. The summed E-state index contributed by atoms with van der Waals surface area (Å²) in [6.45, 7) is 0. The minimum Gasteiger partial charge on any atom is -0.321 e. The van der Waals surface area contributed by atoms with E-state index >= 15 is 0 Å². The van der Waals surface area contributed by atoms with Crippen LogP contribution in [0.15, 0.2) is 0 Å². The van der Waals surface area contributed by atoms with E-state index in [4.69, 9.17) is 4.89 Å². The van der Waals surface area contributed by atoms with Gasteiger partial charge in [-0.25, -0.2) is 5.50 Å². The van der Waals surface area contributed by atoms with Gasteiger partial charge in [-0.05, 0) is 0 Å². The molecule has 6 heteroatoms. The van der Waals surface area contributed by atoms with Crippen molar-refractivity contribution in [1.29, 1.82) is 0 Å². The molecule has 4 N–H and O–H groups in total. The van der Waals surface area contributed by atoms with Gasteiger partial charge in [-0.1, -0.05) is 12.8 Å². The van der Waals surface area contributed by atoms with E-state index in [1.165, 1.54) is 0 Å². The number of rotatable bonds is 1. The third-order valence-electron chi connectivity index (χ3n) is 0.143. The quantitative estimate of drug-likeness (QED) is 0.283. The summed E-state index contributed by atoms with van der Waals surface area (Å²) < 4.78 is 11.4. The minimum absolute atomic E-state index is 1.69. The van der Waals surface area contributed by atoms with Crippen molar-refractivity contribution >= 4 is 20.5 Å². The van der Waals surface area contributed by atoms with Crippen molar-refractivity contribution in [2.75, 3.05) is 0 Å². The fourth-order valence-electron chi connectivity index (χ4n) is 0. The molecular formula is H5N2O2PS. The molecule has 1 atom stereocenters. The summed E-state index contributed by atoms with van der Waals surface area (Å²) >= 11 is 3.21. The van der Waals surface area contributed by atoms with Crippen molar-refractivity contribution in [3.8, 4) is 0 Å². The first kappa shape index (κ1) is 6.46. The highest BCUT2D eigenvalue weighted by Gasteiger charge is 2.02. The van der Waals surface area contributed by atoms with E-state index in [1.54, 1.807) is 4.49 Å². The van der Waals surface area contributed by atoms with Crippen LogP contribution in [-0.2, 0) is 4.57 Å². The Bertz CT molecular complexity index is 75.6. The van der Waals surface area contributed by atoms with Crippen LogP contribution in [0.3, 0.4) is 0 Å². The molecule has 38 valence electrons. The van der Waals surface area contributed by atoms with Gasteiger partial charge in [0.2, 0.25) is 0 Å². The van der Waals surface area contributed by atoms with Crippen LogP contribution < -0.4 is 10.00 Å². The Morgan fingerprint density at radius 3 is 2.17 bits per heavy atom. The molecular weight excluding hydrogens is 123 g/mol. The van der Waals surface area contributed by atoms with Gasteiger partial charge >= 0.3 is 7.67 Å². The van der Waals surface area contributed by atoms with Gasteiger partial charge in [-0.2, -0.15) is 4.49 Å². The van der Waals surface area contributed by atoms with Crippen LogP contribution in [-0.4, -0.2) is 4.89 Å². The maximum Gasteiger partial charge on any atom is 0.344 e. The van der Waals surface area contributed by atoms with Crippen LogP contribution in [0.2, 0.25) is 0 Å². The highest BCUT2D eigenvalue weighted by Crippen LogP contribution is 2.22. The maximum atomic E-state index is 9.73. The lowest BCUT2D eigenvalue weighted by molar-refractivity contribution is 0.477. The molecule has 0 saturated heterocycles. The molecule has 0 spiro atoms. The Balaban J connectivity index is 3.48. The van der Waals surface area contributed by atoms with E-state index in [2.05, 4.69) is 18.3 Å². The molecule has 4 nitrogen and oxygen atoms in total. The summed E-state index contributed by atoms with van der Waals surface area (Å²) in [5.41, 5.74) is 4.46. The number of hydrogen-bond donors (Lipinski definition) is 4. The van der Waals surface area contributed by atoms with E-state index in [0.29, 0.717) is 0 Å². The smallest absolute Gasteiger partial charge is 0.321 e. The molecule has 0 bridgehead atoms. The van der Waals surface area contributed by atoms with E-state index in [9.17, 15) is 4.57 Å². The van der Waals surface area contributed by atoms with Gasteiger partial charge in [0.25, 0.3) is 0 Å². The number of hydrogen-bond acceptors (Lipinski definition) is 2. The number of nitrogens with two attached hydrogens (primary N) is 1. The summed E-state index contributed by atoms with van der Waals surface area (Å²) in [6, 6.07) is 0. The average molecular weight is 128 g/mol. The average Bonchev–Trinajstić information content (AvgIpc) is 1.35. The molecule has 0 aliphatic carbocycles. The van der Waals surface area contributed by atoms with E-state index < -0.39 is 7.67 Å². The van der Waals surface area contributed by atoms with Gasteiger partial charge in [0.1, 0.15) is 0 Å². The molecule has 0 aliphatic rings. The number of nitrogens with one attached hydrogen (secondary N) is 1. The third-order valence-corrected chi connectivity index (χ3v) is 1.29. The zero-order valence-electron chi connectivity index (χ0n) is 2.83. The summed E-state index contributed by atoms with van der Waals surface area (Å²) in [5.74, 6) is 0. The number of thiol groups is 1. The Kier molecular flexibility index (Phi) is 2.10. The molecule has 0 radical (unpaired) electrons. The molecule has 6 heavy (non-hydrogen) atoms. The van der Waals surface area contributed by atoms with Gasteiger partial charge in [-0.15, -0.1) is 0 Å². The molecule has 0 fully saturated rings. The molecule has 1 unspecified atom stereocenters. The standard InChI is InChI=1S/H5N2O2PS/c1-5(3,4)2-6/h6H,(H4,1,2,3,4). The zero-order chi connectivity index (χ0) is 5.21. The highest BCUT2D eigenvalue weighted by atomic mass is 32.1. The van der Waals surface area contributed by atoms with Gasteiger partial charge in [0.15, 0.2) is 0 Å². The Morgan fingerprint density at radius 2 is 2.17 bits per heavy atom. The fourth-order valence-corrected chi connectivity index (χ4v) is 0. The van der Waals surface area contributed by atoms with Gasteiger partial charge in [-0.3, -0.25) is 4.57 Å². The van der Waals surface area contributed by atoms with Crippen molar-refractivity contribution in [3.63, 3.8) is 0 Å². The fraction of sp³-hybridized carbons (Fsp3) is 0. The maximum absolute atomic E-state index is 9.73. The summed E-state index contributed by atoms with van der Waals surface area (Å²) in [7, 11) is -3.53. The monoisotopic (exact) mass is 128 g/mol. The lowest BCUT2D eigenvalue weighted by atomic mass is 13.9. The highest BCUT2D eigenvalue weighted by molar-refractivity contribution is 7.85. The third kappa shape index (κ3) is 4.46. The molecule has 0 saturated carbocycles. The predicted molar refractivity (Wildman–Crippen MR) is 26.1 cm³/mol.